The Labute approximate surface area is 152 Å². The van der Waals surface area contributed by atoms with Crippen molar-refractivity contribution in [3.63, 3.8) is 0 Å². The minimum atomic E-state index is -0.184. The van der Waals surface area contributed by atoms with E-state index in [1.54, 1.807) is 12.3 Å². The summed E-state index contributed by atoms with van der Waals surface area (Å²) in [6.07, 6.45) is 1.62. The van der Waals surface area contributed by atoms with Crippen LogP contribution in [-0.4, -0.2) is 27.0 Å². The van der Waals surface area contributed by atoms with Gasteiger partial charge >= 0.3 is 0 Å². The van der Waals surface area contributed by atoms with Gasteiger partial charge in [-0.25, -0.2) is 0 Å². The third-order valence-electron chi connectivity index (χ3n) is 3.11. The summed E-state index contributed by atoms with van der Waals surface area (Å²) >= 11 is 2.70. The van der Waals surface area contributed by atoms with E-state index in [-0.39, 0.29) is 17.6 Å². The van der Waals surface area contributed by atoms with Crippen molar-refractivity contribution in [1.29, 1.82) is 0 Å². The molecule has 0 aliphatic carbocycles. The first-order valence-electron chi connectivity index (χ1n) is 7.59. The second-order valence-electron chi connectivity index (χ2n) is 5.41. The summed E-state index contributed by atoms with van der Waals surface area (Å²) < 4.78 is 11.0. The quantitative estimate of drug-likeness (QED) is 0.572. The van der Waals surface area contributed by atoms with Gasteiger partial charge in [-0.15, -0.1) is 10.2 Å². The molecule has 10 heteroatoms. The molecule has 3 heterocycles. The maximum absolute atomic E-state index is 12.0. The Balaban J connectivity index is 1.44. The van der Waals surface area contributed by atoms with E-state index < -0.39 is 0 Å². The number of carbonyl (C=O) groups is 1. The zero-order valence-electron chi connectivity index (χ0n) is 13.7. The summed E-state index contributed by atoms with van der Waals surface area (Å²) in [6, 6.07) is 5.44. The van der Waals surface area contributed by atoms with Crippen molar-refractivity contribution in [3.05, 3.63) is 35.9 Å². The lowest BCUT2D eigenvalue weighted by molar-refractivity contribution is -0.113. The molecule has 0 saturated heterocycles. The molecule has 0 bridgehead atoms. The van der Waals surface area contributed by atoms with Crippen LogP contribution in [0.2, 0.25) is 0 Å². The van der Waals surface area contributed by atoms with E-state index in [2.05, 4.69) is 26.0 Å². The van der Waals surface area contributed by atoms with E-state index in [1.165, 1.54) is 23.1 Å². The second kappa shape index (κ2) is 8.17. The third-order valence-corrected chi connectivity index (χ3v) is 5.12. The fraction of sp³-hybridized carbons (Fsp3) is 0.333. The van der Waals surface area contributed by atoms with Crippen LogP contribution in [0.5, 0.6) is 0 Å². The Morgan fingerprint density at radius 2 is 2.28 bits per heavy atom. The van der Waals surface area contributed by atoms with Gasteiger partial charge in [-0.05, 0) is 18.1 Å². The molecule has 0 aliphatic heterocycles. The highest BCUT2D eigenvalue weighted by Gasteiger charge is 2.12. The van der Waals surface area contributed by atoms with E-state index >= 15 is 0 Å². The van der Waals surface area contributed by atoms with Crippen LogP contribution in [0.1, 0.15) is 31.2 Å². The molecule has 25 heavy (non-hydrogen) atoms. The van der Waals surface area contributed by atoms with Crippen molar-refractivity contribution in [2.75, 3.05) is 16.4 Å². The topological polar surface area (TPSA) is 106 Å². The van der Waals surface area contributed by atoms with Crippen LogP contribution in [0.15, 0.2) is 37.7 Å². The van der Waals surface area contributed by atoms with E-state index in [0.717, 1.165) is 11.5 Å². The minimum Gasteiger partial charge on any atom is -0.467 e. The molecule has 8 nitrogen and oxygen atoms in total. The van der Waals surface area contributed by atoms with Crippen LogP contribution in [0.4, 0.5) is 11.0 Å². The SMILES string of the molecule is CC(C)c1cc(NC(=O)CSc2nnc(NCc3ccco3)s2)on1. The summed E-state index contributed by atoms with van der Waals surface area (Å²) in [5.41, 5.74) is 0.805. The number of aromatic nitrogens is 3. The number of nitrogens with one attached hydrogen (secondary N) is 2. The first-order chi connectivity index (χ1) is 12.1. The first kappa shape index (κ1) is 17.5. The van der Waals surface area contributed by atoms with Gasteiger partial charge < -0.3 is 14.3 Å². The first-order valence-corrected chi connectivity index (χ1v) is 9.39. The third kappa shape index (κ3) is 5.07. The summed E-state index contributed by atoms with van der Waals surface area (Å²) in [4.78, 5) is 12.0. The summed E-state index contributed by atoms with van der Waals surface area (Å²) in [7, 11) is 0. The molecule has 0 unspecified atom stereocenters. The summed E-state index contributed by atoms with van der Waals surface area (Å²) in [5, 5.41) is 18.5. The van der Waals surface area contributed by atoms with Gasteiger partial charge in [0.05, 0.1) is 24.3 Å². The highest BCUT2D eigenvalue weighted by atomic mass is 32.2. The van der Waals surface area contributed by atoms with Gasteiger partial charge in [-0.3, -0.25) is 10.1 Å². The van der Waals surface area contributed by atoms with E-state index in [0.29, 0.717) is 21.9 Å². The molecule has 2 N–H and O–H groups in total. The van der Waals surface area contributed by atoms with Crippen LogP contribution in [0.3, 0.4) is 0 Å². The molecule has 0 radical (unpaired) electrons. The van der Waals surface area contributed by atoms with Gasteiger partial charge in [0, 0.05) is 6.07 Å². The number of hydrogen-bond acceptors (Lipinski definition) is 9. The smallest absolute Gasteiger partial charge is 0.237 e. The number of carbonyl (C=O) groups excluding carboxylic acids is 1. The molecule has 0 aromatic carbocycles. The molecule has 0 aliphatic rings. The lowest BCUT2D eigenvalue weighted by atomic mass is 10.1. The van der Waals surface area contributed by atoms with Crippen LogP contribution >= 0.6 is 23.1 Å². The highest BCUT2D eigenvalue weighted by Crippen LogP contribution is 2.26. The number of rotatable bonds is 8. The molecule has 1 amide bonds. The van der Waals surface area contributed by atoms with Crippen molar-refractivity contribution >= 4 is 40.0 Å². The van der Waals surface area contributed by atoms with E-state index in [9.17, 15) is 4.79 Å². The number of hydrogen-bond donors (Lipinski definition) is 2. The average molecular weight is 379 g/mol. The molecule has 3 aromatic rings. The fourth-order valence-electron chi connectivity index (χ4n) is 1.84. The standard InChI is InChI=1S/C15H17N5O3S2/c1-9(2)11-6-13(23-20-11)17-12(21)8-24-15-19-18-14(25-15)16-7-10-4-3-5-22-10/h3-6,9H,7-8H2,1-2H3,(H,16,18)(H,17,21). The predicted octanol–water partition coefficient (Wildman–Crippen LogP) is 3.59. The maximum Gasteiger partial charge on any atom is 0.237 e. The van der Waals surface area contributed by atoms with E-state index in [1.807, 2.05) is 26.0 Å². The molecule has 132 valence electrons. The van der Waals surface area contributed by atoms with Gasteiger partial charge in [0.1, 0.15) is 5.76 Å². The largest absolute Gasteiger partial charge is 0.467 e. The van der Waals surface area contributed by atoms with Gasteiger partial charge in [0.25, 0.3) is 0 Å². The molecule has 3 rings (SSSR count). The highest BCUT2D eigenvalue weighted by molar-refractivity contribution is 8.01. The Kier molecular flexibility index (Phi) is 5.71. The molecule has 0 spiro atoms. The number of thioether (sulfide) groups is 1. The molecule has 0 saturated carbocycles. The summed E-state index contributed by atoms with van der Waals surface area (Å²) in [6.45, 7) is 4.55. The lowest BCUT2D eigenvalue weighted by Gasteiger charge is -1.99. The number of anilines is 2. The van der Waals surface area contributed by atoms with Crippen molar-refractivity contribution in [2.24, 2.45) is 0 Å². The fourth-order valence-corrected chi connectivity index (χ4v) is 3.38. The van der Waals surface area contributed by atoms with Crippen LogP contribution in [-0.2, 0) is 11.3 Å². The minimum absolute atomic E-state index is 0.184. The zero-order valence-corrected chi connectivity index (χ0v) is 15.3. The molecule has 0 fully saturated rings. The van der Waals surface area contributed by atoms with Gasteiger partial charge in [-0.2, -0.15) is 0 Å². The Morgan fingerprint density at radius 3 is 3.00 bits per heavy atom. The predicted molar refractivity (Wildman–Crippen MR) is 95.9 cm³/mol. The number of furan rings is 1. The Hall–Kier alpha value is -2.33. The molecular weight excluding hydrogens is 362 g/mol. The van der Waals surface area contributed by atoms with Crippen molar-refractivity contribution in [2.45, 2.75) is 30.6 Å². The van der Waals surface area contributed by atoms with E-state index in [4.69, 9.17) is 8.94 Å². The van der Waals surface area contributed by atoms with Gasteiger partial charge in [0.15, 0.2) is 4.34 Å². The van der Waals surface area contributed by atoms with Crippen LogP contribution < -0.4 is 10.6 Å². The zero-order chi connectivity index (χ0) is 17.6. The van der Waals surface area contributed by atoms with Crippen LogP contribution in [0.25, 0.3) is 0 Å². The summed E-state index contributed by atoms with van der Waals surface area (Å²) in [5.74, 6) is 1.45. The van der Waals surface area contributed by atoms with Gasteiger partial charge in [0.2, 0.25) is 16.9 Å². The molecular formula is C15H17N5O3S2. The molecule has 0 atom stereocenters. The lowest BCUT2D eigenvalue weighted by Crippen LogP contribution is -2.13. The van der Waals surface area contributed by atoms with Crippen LogP contribution in [0, 0.1) is 0 Å². The van der Waals surface area contributed by atoms with Crippen molar-refractivity contribution < 1.29 is 13.7 Å². The number of amides is 1. The Morgan fingerprint density at radius 1 is 1.40 bits per heavy atom. The van der Waals surface area contributed by atoms with Crippen molar-refractivity contribution in [3.8, 4) is 0 Å². The average Bonchev–Trinajstić information content (AvgIpc) is 3.32. The van der Waals surface area contributed by atoms with Gasteiger partial charge in [-0.1, -0.05) is 42.1 Å². The Bertz CT molecular complexity index is 813. The number of nitrogens with zero attached hydrogens (tertiary/aromatic N) is 3. The molecule has 3 aromatic heterocycles. The normalized spacial score (nSPS) is 11.0. The monoisotopic (exact) mass is 379 g/mol. The maximum atomic E-state index is 12.0. The second-order valence-corrected chi connectivity index (χ2v) is 7.61. The van der Waals surface area contributed by atoms with Crippen molar-refractivity contribution in [1.82, 2.24) is 15.4 Å².